The fourth-order valence-electron chi connectivity index (χ4n) is 4.54. The lowest BCUT2D eigenvalue weighted by atomic mass is 9.84. The highest BCUT2D eigenvalue weighted by Gasteiger charge is 2.35. The average molecular weight is 357 g/mol. The lowest BCUT2D eigenvalue weighted by molar-refractivity contribution is -0.110. The molecular formula is C21H31N3O2. The van der Waals surface area contributed by atoms with Crippen LogP contribution in [-0.2, 0) is 4.74 Å². The smallest absolute Gasteiger partial charge is 0.101 e. The Labute approximate surface area is 157 Å². The molecule has 3 atom stereocenters. The minimum Gasteiger partial charge on any atom is -0.389 e. The summed E-state index contributed by atoms with van der Waals surface area (Å²) in [6.45, 7) is 9.80. The number of nitriles is 1. The number of hydrogen-bond acceptors (Lipinski definition) is 5. The Bertz CT molecular complexity index is 662. The van der Waals surface area contributed by atoms with Crippen LogP contribution >= 0.6 is 0 Å². The van der Waals surface area contributed by atoms with Gasteiger partial charge < -0.3 is 20.1 Å². The molecule has 1 aromatic carbocycles. The van der Waals surface area contributed by atoms with Crippen molar-refractivity contribution < 1.29 is 9.84 Å². The molecule has 5 nitrogen and oxygen atoms in total. The van der Waals surface area contributed by atoms with Gasteiger partial charge in [-0.25, -0.2) is 0 Å². The van der Waals surface area contributed by atoms with Gasteiger partial charge in [-0.1, -0.05) is 12.1 Å². The summed E-state index contributed by atoms with van der Waals surface area (Å²) >= 11 is 0. The number of benzene rings is 1. The van der Waals surface area contributed by atoms with Gasteiger partial charge in [0.2, 0.25) is 0 Å². The maximum absolute atomic E-state index is 10.1. The molecule has 26 heavy (non-hydrogen) atoms. The largest absolute Gasteiger partial charge is 0.389 e. The molecule has 2 aliphatic rings. The molecule has 0 aromatic heterocycles. The van der Waals surface area contributed by atoms with Crippen LogP contribution in [0.15, 0.2) is 18.2 Å². The number of aliphatic hydroxyl groups is 1. The van der Waals surface area contributed by atoms with E-state index in [4.69, 9.17) is 4.74 Å². The molecule has 3 unspecified atom stereocenters. The Morgan fingerprint density at radius 1 is 1.42 bits per heavy atom. The first-order chi connectivity index (χ1) is 12.4. The highest BCUT2D eigenvalue weighted by Crippen LogP contribution is 2.36. The van der Waals surface area contributed by atoms with Crippen molar-refractivity contribution in [3.05, 3.63) is 29.3 Å². The van der Waals surface area contributed by atoms with Crippen LogP contribution < -0.4 is 10.2 Å². The quantitative estimate of drug-likeness (QED) is 0.867. The second-order valence-electron chi connectivity index (χ2n) is 8.18. The Balaban J connectivity index is 1.67. The lowest BCUT2D eigenvalue weighted by Gasteiger charge is -2.42. The van der Waals surface area contributed by atoms with E-state index in [1.165, 1.54) is 0 Å². The summed E-state index contributed by atoms with van der Waals surface area (Å²) in [5.41, 5.74) is 2.34. The van der Waals surface area contributed by atoms with E-state index in [1.54, 1.807) is 6.92 Å². The predicted molar refractivity (Wildman–Crippen MR) is 103 cm³/mol. The molecule has 2 aliphatic heterocycles. The summed E-state index contributed by atoms with van der Waals surface area (Å²) in [6.07, 6.45) is 2.95. The molecule has 2 N–H and O–H groups in total. The summed E-state index contributed by atoms with van der Waals surface area (Å²) < 4.78 is 6.22. The number of aliphatic hydroxyl groups excluding tert-OH is 1. The van der Waals surface area contributed by atoms with Crippen molar-refractivity contribution in [1.82, 2.24) is 5.32 Å². The van der Waals surface area contributed by atoms with Crippen LogP contribution in [0.5, 0.6) is 0 Å². The van der Waals surface area contributed by atoms with Crippen molar-refractivity contribution in [2.24, 2.45) is 5.92 Å². The second-order valence-corrected chi connectivity index (χ2v) is 8.18. The molecule has 2 heterocycles. The van der Waals surface area contributed by atoms with Gasteiger partial charge in [0.15, 0.2) is 0 Å². The molecular weight excluding hydrogens is 326 g/mol. The van der Waals surface area contributed by atoms with Gasteiger partial charge in [-0.3, -0.25) is 0 Å². The fourth-order valence-corrected chi connectivity index (χ4v) is 4.54. The predicted octanol–water partition coefficient (Wildman–Crippen LogP) is 2.99. The van der Waals surface area contributed by atoms with Gasteiger partial charge in [0.05, 0.1) is 29.1 Å². The highest BCUT2D eigenvalue weighted by atomic mass is 16.5. The number of para-hydroxylation sites is 1. The number of morpholine rings is 1. The summed E-state index contributed by atoms with van der Waals surface area (Å²) in [4.78, 5) is 2.28. The minimum absolute atomic E-state index is 0.0835. The summed E-state index contributed by atoms with van der Waals surface area (Å²) in [6, 6.07) is 7.92. The molecule has 2 fully saturated rings. The third-order valence-electron chi connectivity index (χ3n) is 5.71. The molecule has 0 saturated carbocycles. The van der Waals surface area contributed by atoms with Gasteiger partial charge in [0.25, 0.3) is 0 Å². The van der Waals surface area contributed by atoms with Gasteiger partial charge in [0.1, 0.15) is 6.07 Å². The number of nitrogens with zero attached hydrogens (tertiary/aromatic N) is 2. The zero-order valence-electron chi connectivity index (χ0n) is 16.2. The van der Waals surface area contributed by atoms with Crippen LogP contribution in [0.2, 0.25) is 0 Å². The van der Waals surface area contributed by atoms with Gasteiger partial charge in [-0.2, -0.15) is 5.26 Å². The Morgan fingerprint density at radius 2 is 2.15 bits per heavy atom. The Morgan fingerprint density at radius 3 is 2.77 bits per heavy atom. The number of ether oxygens (including phenoxy) is 1. The molecule has 0 spiro atoms. The van der Waals surface area contributed by atoms with Gasteiger partial charge >= 0.3 is 0 Å². The molecule has 3 rings (SSSR count). The van der Waals surface area contributed by atoms with E-state index in [0.29, 0.717) is 11.5 Å². The number of hydrogen-bond donors (Lipinski definition) is 2. The van der Waals surface area contributed by atoms with Crippen LogP contribution in [0.4, 0.5) is 5.69 Å². The third kappa shape index (κ3) is 4.20. The van der Waals surface area contributed by atoms with E-state index in [2.05, 4.69) is 30.1 Å². The average Bonchev–Trinajstić information content (AvgIpc) is 2.61. The summed E-state index contributed by atoms with van der Waals surface area (Å²) in [5.74, 6) is 0.632. The molecule has 1 aromatic rings. The SMILES string of the molecule is CC1CNCC(C)(CC2CCN(c3c(C#N)cccc3C(C)O)CC2)O1. The zero-order valence-corrected chi connectivity index (χ0v) is 16.2. The van der Waals surface area contributed by atoms with Crippen LogP contribution in [0, 0.1) is 17.2 Å². The van der Waals surface area contributed by atoms with Crippen LogP contribution in [0.1, 0.15) is 57.3 Å². The van der Waals surface area contributed by atoms with Crippen molar-refractivity contribution >= 4 is 5.69 Å². The van der Waals surface area contributed by atoms with Gasteiger partial charge in [-0.05, 0) is 52.0 Å². The number of nitrogens with one attached hydrogen (secondary N) is 1. The third-order valence-corrected chi connectivity index (χ3v) is 5.71. The van der Waals surface area contributed by atoms with Crippen molar-refractivity contribution in [3.8, 4) is 6.07 Å². The van der Waals surface area contributed by atoms with Crippen molar-refractivity contribution in [2.45, 2.75) is 57.8 Å². The monoisotopic (exact) mass is 357 g/mol. The zero-order chi connectivity index (χ0) is 18.7. The van der Waals surface area contributed by atoms with Crippen molar-refractivity contribution in [1.29, 1.82) is 5.26 Å². The minimum atomic E-state index is -0.571. The van der Waals surface area contributed by atoms with E-state index in [0.717, 1.165) is 56.7 Å². The second kappa shape index (κ2) is 7.96. The summed E-state index contributed by atoms with van der Waals surface area (Å²) in [7, 11) is 0. The first-order valence-corrected chi connectivity index (χ1v) is 9.76. The molecule has 0 radical (unpaired) electrons. The van der Waals surface area contributed by atoms with Crippen molar-refractivity contribution in [2.75, 3.05) is 31.1 Å². The van der Waals surface area contributed by atoms with Crippen molar-refractivity contribution in [3.63, 3.8) is 0 Å². The maximum atomic E-state index is 10.1. The van der Waals surface area contributed by atoms with Crippen LogP contribution in [0.3, 0.4) is 0 Å². The molecule has 0 bridgehead atoms. The lowest BCUT2D eigenvalue weighted by Crippen LogP contribution is -2.52. The van der Waals surface area contributed by atoms with E-state index in [9.17, 15) is 10.4 Å². The van der Waals surface area contributed by atoms with Gasteiger partial charge in [-0.15, -0.1) is 0 Å². The highest BCUT2D eigenvalue weighted by molar-refractivity contribution is 5.65. The number of piperidine rings is 1. The van der Waals surface area contributed by atoms with E-state index in [1.807, 2.05) is 18.2 Å². The number of rotatable bonds is 4. The first kappa shape index (κ1) is 19.2. The summed E-state index contributed by atoms with van der Waals surface area (Å²) in [5, 5.41) is 23.1. The molecule has 0 aliphatic carbocycles. The van der Waals surface area contributed by atoms with Crippen LogP contribution in [0.25, 0.3) is 0 Å². The van der Waals surface area contributed by atoms with E-state index < -0.39 is 6.10 Å². The van der Waals surface area contributed by atoms with E-state index >= 15 is 0 Å². The topological polar surface area (TPSA) is 68.5 Å². The molecule has 2 saturated heterocycles. The molecule has 142 valence electrons. The number of anilines is 1. The maximum Gasteiger partial charge on any atom is 0.101 e. The van der Waals surface area contributed by atoms with E-state index in [-0.39, 0.29) is 11.7 Å². The standard InChI is InChI=1S/C21H31N3O2/c1-15-13-23-14-21(3,26-15)11-17-7-9-24(10-8-17)20-18(12-22)5-4-6-19(20)16(2)25/h4-6,15-17,23,25H,7-11,13-14H2,1-3H3. The molecule has 0 amide bonds. The fraction of sp³-hybridized carbons (Fsp3) is 0.667. The first-order valence-electron chi connectivity index (χ1n) is 9.76. The Kier molecular flexibility index (Phi) is 5.86. The Hall–Kier alpha value is -1.61. The molecule has 5 heteroatoms. The van der Waals surface area contributed by atoms with Gasteiger partial charge in [0, 0.05) is 31.7 Å². The van der Waals surface area contributed by atoms with Crippen LogP contribution in [-0.4, -0.2) is 43.0 Å². The normalized spacial score (nSPS) is 28.6.